The van der Waals surface area contributed by atoms with Crippen molar-refractivity contribution in [1.82, 2.24) is 8.97 Å². The number of hydrogen-bond donors (Lipinski definition) is 0. The summed E-state index contributed by atoms with van der Waals surface area (Å²) in [5, 5.41) is 7.98. The van der Waals surface area contributed by atoms with E-state index in [0.29, 0.717) is 0 Å². The van der Waals surface area contributed by atoms with Crippen molar-refractivity contribution in [2.75, 3.05) is 0 Å². The summed E-state index contributed by atoms with van der Waals surface area (Å²) in [4.78, 5) is 0. The quantitative estimate of drug-likeness (QED) is 0.185. The summed E-state index contributed by atoms with van der Waals surface area (Å²) >= 11 is 0. The molecule has 3 aromatic heterocycles. The lowest BCUT2D eigenvalue weighted by atomic mass is 9.34. The minimum Gasteiger partial charge on any atom is -0.310 e. The molecule has 3 heteroatoms. The highest BCUT2D eigenvalue weighted by atomic mass is 15.0. The third kappa shape index (κ3) is 2.87. The first-order valence-electron chi connectivity index (χ1n) is 15.7. The van der Waals surface area contributed by atoms with Crippen molar-refractivity contribution in [3.8, 4) is 16.8 Å². The van der Waals surface area contributed by atoms with Gasteiger partial charge in [0, 0.05) is 38.0 Å². The van der Waals surface area contributed by atoms with Gasteiger partial charge in [-0.1, -0.05) is 133 Å². The Labute approximate surface area is 259 Å². The van der Waals surface area contributed by atoms with Gasteiger partial charge in [0.1, 0.15) is 0 Å². The van der Waals surface area contributed by atoms with E-state index < -0.39 is 0 Å². The van der Waals surface area contributed by atoms with Crippen LogP contribution in [-0.4, -0.2) is 15.7 Å². The molecule has 0 N–H and O–H groups in total. The van der Waals surface area contributed by atoms with Crippen LogP contribution in [0.5, 0.6) is 0 Å². The Morgan fingerprint density at radius 2 is 1.07 bits per heavy atom. The van der Waals surface area contributed by atoms with Crippen LogP contribution < -0.4 is 16.4 Å². The van der Waals surface area contributed by atoms with Gasteiger partial charge >= 0.3 is 0 Å². The molecule has 10 aromatic rings. The van der Waals surface area contributed by atoms with E-state index in [9.17, 15) is 0 Å². The summed E-state index contributed by atoms with van der Waals surface area (Å²) in [6.07, 6.45) is 0. The predicted octanol–water partition coefficient (Wildman–Crippen LogP) is 8.43. The first-order chi connectivity index (χ1) is 22.4. The van der Waals surface area contributed by atoms with E-state index in [0.717, 1.165) is 0 Å². The molecular formula is C42H25BN2. The first kappa shape index (κ1) is 23.6. The molecule has 0 radical (unpaired) electrons. The Balaban J connectivity index is 1.40. The van der Waals surface area contributed by atoms with E-state index in [1.165, 1.54) is 93.1 Å². The molecule has 0 saturated heterocycles. The fourth-order valence-electron chi connectivity index (χ4n) is 8.64. The third-order valence-corrected chi connectivity index (χ3v) is 10.3. The van der Waals surface area contributed by atoms with Crippen LogP contribution in [0.25, 0.3) is 76.7 Å². The zero-order valence-electron chi connectivity index (χ0n) is 24.4. The van der Waals surface area contributed by atoms with Crippen molar-refractivity contribution >= 4 is 83.0 Å². The fourth-order valence-corrected chi connectivity index (χ4v) is 8.64. The largest absolute Gasteiger partial charge is 0.310 e. The molecule has 0 atom stereocenters. The van der Waals surface area contributed by atoms with Gasteiger partial charge in [0.15, 0.2) is 0 Å². The molecule has 0 unspecified atom stereocenters. The Bertz CT molecular complexity index is 2820. The minimum atomic E-state index is 0.0725. The van der Waals surface area contributed by atoms with Crippen LogP contribution in [0.15, 0.2) is 152 Å². The molecule has 0 spiro atoms. The Kier molecular flexibility index (Phi) is 4.43. The van der Waals surface area contributed by atoms with Gasteiger partial charge in [-0.15, -0.1) is 0 Å². The van der Waals surface area contributed by atoms with Crippen molar-refractivity contribution < 1.29 is 0 Å². The number of para-hydroxylation sites is 4. The molecule has 7 aromatic carbocycles. The Hall–Kier alpha value is -5.80. The van der Waals surface area contributed by atoms with Crippen LogP contribution in [0, 0.1) is 0 Å². The average molecular weight is 568 g/mol. The molecular weight excluding hydrogens is 543 g/mol. The second-order valence-corrected chi connectivity index (χ2v) is 12.4. The van der Waals surface area contributed by atoms with Crippen molar-refractivity contribution in [3.63, 3.8) is 0 Å². The molecule has 2 nitrogen and oxygen atoms in total. The molecule has 1 aliphatic heterocycles. The molecule has 206 valence electrons. The predicted molar refractivity (Wildman–Crippen MR) is 192 cm³/mol. The van der Waals surface area contributed by atoms with Crippen LogP contribution in [0.2, 0.25) is 0 Å². The van der Waals surface area contributed by atoms with Gasteiger partial charge in [-0.3, -0.25) is 0 Å². The van der Waals surface area contributed by atoms with E-state index in [1.807, 2.05) is 0 Å². The summed E-state index contributed by atoms with van der Waals surface area (Å²) in [7, 11) is 0. The standard InChI is InChI=1S/C42H25BN2/c1-2-13-26(14-3-1)27-15-4-7-20-32(27)43-33-21-8-11-24-37(33)44-36-23-10-6-17-30(36)40-39-31-19-12-18-29-28-16-5-9-22-35(28)45(41(29)31)38(39)25-34(43)42(40)44/h1-25H. The van der Waals surface area contributed by atoms with Crippen molar-refractivity contribution in [3.05, 3.63) is 152 Å². The second kappa shape index (κ2) is 8.43. The Morgan fingerprint density at radius 3 is 1.96 bits per heavy atom. The molecule has 1 aliphatic rings. The highest BCUT2D eigenvalue weighted by Crippen LogP contribution is 2.45. The van der Waals surface area contributed by atoms with Gasteiger partial charge in [-0.2, -0.15) is 0 Å². The molecule has 0 aliphatic carbocycles. The lowest BCUT2D eigenvalue weighted by molar-refractivity contribution is 1.19. The van der Waals surface area contributed by atoms with E-state index >= 15 is 0 Å². The van der Waals surface area contributed by atoms with E-state index in [4.69, 9.17) is 0 Å². The summed E-state index contributed by atoms with van der Waals surface area (Å²) in [5.74, 6) is 0. The molecule has 0 amide bonds. The van der Waals surface area contributed by atoms with Crippen molar-refractivity contribution in [2.24, 2.45) is 0 Å². The lowest BCUT2D eigenvalue weighted by Gasteiger charge is -2.28. The normalized spacial score (nSPS) is 12.8. The molecule has 0 saturated carbocycles. The number of fused-ring (bicyclic) bond motifs is 12. The van der Waals surface area contributed by atoms with Gasteiger partial charge in [-0.05, 0) is 46.3 Å². The number of nitrogens with zero attached hydrogens (tertiary/aromatic N) is 2. The summed E-state index contributed by atoms with van der Waals surface area (Å²) < 4.78 is 5.08. The molecule has 45 heavy (non-hydrogen) atoms. The van der Waals surface area contributed by atoms with Gasteiger partial charge in [0.05, 0.1) is 27.6 Å². The number of hydrogen-bond acceptors (Lipinski definition) is 0. The maximum atomic E-state index is 2.54. The Morgan fingerprint density at radius 1 is 0.400 bits per heavy atom. The topological polar surface area (TPSA) is 9.34 Å². The number of rotatable bonds is 2. The first-order valence-corrected chi connectivity index (χ1v) is 15.7. The third-order valence-electron chi connectivity index (χ3n) is 10.3. The monoisotopic (exact) mass is 568 g/mol. The smallest absolute Gasteiger partial charge is 0.247 e. The van der Waals surface area contributed by atoms with Crippen LogP contribution in [0.4, 0.5) is 0 Å². The summed E-state index contributed by atoms with van der Waals surface area (Å²) in [5.41, 5.74) is 14.3. The number of aromatic nitrogens is 2. The zero-order valence-corrected chi connectivity index (χ0v) is 24.4. The maximum Gasteiger partial charge on any atom is 0.247 e. The molecule has 11 rings (SSSR count). The zero-order chi connectivity index (χ0) is 29.2. The number of benzene rings is 7. The van der Waals surface area contributed by atoms with Crippen LogP contribution in [-0.2, 0) is 0 Å². The van der Waals surface area contributed by atoms with Crippen molar-refractivity contribution in [1.29, 1.82) is 0 Å². The summed E-state index contributed by atoms with van der Waals surface area (Å²) in [6.45, 7) is 0.0725. The SMILES string of the molecule is c1ccc(-c2ccccc2B2c3ccccc3-n3c4ccccc4c4c5c6cccc7c8ccccc8n(c5cc2c43)c76)cc1. The van der Waals surface area contributed by atoms with Crippen LogP contribution in [0.1, 0.15) is 0 Å². The van der Waals surface area contributed by atoms with Crippen LogP contribution in [0.3, 0.4) is 0 Å². The maximum absolute atomic E-state index is 2.54. The molecule has 4 heterocycles. The van der Waals surface area contributed by atoms with Crippen LogP contribution >= 0.6 is 0 Å². The highest BCUT2D eigenvalue weighted by Gasteiger charge is 2.36. The molecule has 0 fully saturated rings. The second-order valence-electron chi connectivity index (χ2n) is 12.4. The van der Waals surface area contributed by atoms with E-state index in [1.54, 1.807) is 0 Å². The van der Waals surface area contributed by atoms with Gasteiger partial charge in [-0.25, -0.2) is 0 Å². The van der Waals surface area contributed by atoms with Gasteiger partial charge in [0.25, 0.3) is 0 Å². The van der Waals surface area contributed by atoms with E-state index in [-0.39, 0.29) is 6.71 Å². The van der Waals surface area contributed by atoms with Gasteiger partial charge < -0.3 is 8.97 Å². The highest BCUT2D eigenvalue weighted by molar-refractivity contribution is 6.99. The molecule has 0 bridgehead atoms. The fraction of sp³-hybridized carbons (Fsp3) is 0. The van der Waals surface area contributed by atoms with Crippen molar-refractivity contribution in [2.45, 2.75) is 0 Å². The minimum absolute atomic E-state index is 0.0725. The average Bonchev–Trinajstić information content (AvgIpc) is 3.75. The van der Waals surface area contributed by atoms with E-state index in [2.05, 4.69) is 161 Å². The van der Waals surface area contributed by atoms with Gasteiger partial charge in [0.2, 0.25) is 6.71 Å². The summed E-state index contributed by atoms with van der Waals surface area (Å²) in [6, 6.07) is 56.2. The lowest BCUT2D eigenvalue weighted by Crippen LogP contribution is -2.56.